The SMILES string of the molecule is Cc1ncsc1-c1ccc(CNC(=O)[C@@H]2C[C@@H](O)CN2C(=O)[C@@H](NC(=O)COCCOCCOCCCCCC(=O)CC2N=C(c3ccc(Cl)cc3)c3c(sc(C)c3C)-n3c(C)nnc32)C(C)(C)C)cc1. The molecule has 0 aliphatic carbocycles. The molecule has 71 heavy (non-hydrogen) atoms. The van der Waals surface area contributed by atoms with Crippen LogP contribution in [0.3, 0.4) is 0 Å². The number of aliphatic hydroxyl groups is 1. The van der Waals surface area contributed by atoms with Crippen molar-refractivity contribution in [2.45, 2.75) is 118 Å². The zero-order valence-electron chi connectivity index (χ0n) is 41.6. The minimum atomic E-state index is -0.968. The van der Waals surface area contributed by atoms with Gasteiger partial charge in [0.25, 0.3) is 0 Å². The van der Waals surface area contributed by atoms with Gasteiger partial charge in [-0.05, 0) is 74.8 Å². The van der Waals surface area contributed by atoms with Crippen LogP contribution >= 0.6 is 34.3 Å². The molecule has 1 unspecified atom stereocenters. The minimum absolute atomic E-state index is 0.0184. The van der Waals surface area contributed by atoms with Crippen molar-refractivity contribution in [2.75, 3.05) is 46.2 Å². The number of aliphatic hydroxyl groups excluding tert-OH is 1. The quantitative estimate of drug-likeness (QED) is 0.0544. The molecule has 3 N–H and O–H groups in total. The summed E-state index contributed by atoms with van der Waals surface area (Å²) in [5.74, 6) is 0.241. The van der Waals surface area contributed by atoms with E-state index in [4.69, 9.17) is 30.8 Å². The molecular weight excluding hydrogens is 964 g/mol. The number of nitrogens with one attached hydrogen (secondary N) is 2. The number of unbranched alkanes of at least 4 members (excludes halogenated alkanes) is 2. The van der Waals surface area contributed by atoms with Crippen molar-refractivity contribution in [3.63, 3.8) is 0 Å². The lowest BCUT2D eigenvalue weighted by Crippen LogP contribution is -2.58. The number of aryl methyl sites for hydroxylation is 3. The molecule has 1 saturated heterocycles. The number of ketones is 1. The molecule has 7 rings (SSSR count). The lowest BCUT2D eigenvalue weighted by atomic mass is 9.85. The van der Waals surface area contributed by atoms with Gasteiger partial charge in [0.05, 0.1) is 54.3 Å². The summed E-state index contributed by atoms with van der Waals surface area (Å²) in [6.45, 7) is 15.2. The van der Waals surface area contributed by atoms with Gasteiger partial charge in [-0.25, -0.2) is 4.98 Å². The first-order valence-corrected chi connectivity index (χ1v) is 26.2. The number of nitrogens with zero attached hydrogens (tertiary/aromatic N) is 6. The van der Waals surface area contributed by atoms with Gasteiger partial charge in [-0.2, -0.15) is 0 Å². The summed E-state index contributed by atoms with van der Waals surface area (Å²) in [5, 5.41) is 26.9. The number of halogens is 1. The number of rotatable bonds is 23. The zero-order chi connectivity index (χ0) is 50.8. The van der Waals surface area contributed by atoms with E-state index >= 15 is 0 Å². The fourth-order valence-electron chi connectivity index (χ4n) is 8.74. The van der Waals surface area contributed by atoms with Gasteiger partial charge < -0.3 is 34.9 Å². The molecule has 0 saturated carbocycles. The molecule has 5 aromatic rings. The summed E-state index contributed by atoms with van der Waals surface area (Å²) in [5.41, 5.74) is 7.95. The minimum Gasteiger partial charge on any atom is -0.391 e. The Morgan fingerprint density at radius 2 is 1.58 bits per heavy atom. The van der Waals surface area contributed by atoms with Crippen LogP contribution in [0.15, 0.2) is 59.0 Å². The molecule has 3 amide bonds. The number of fused-ring (bicyclic) bond motifs is 3. The second kappa shape index (κ2) is 24.5. The van der Waals surface area contributed by atoms with Crippen molar-refractivity contribution < 1.29 is 38.5 Å². The summed E-state index contributed by atoms with van der Waals surface area (Å²) in [4.78, 5) is 67.0. The van der Waals surface area contributed by atoms with Gasteiger partial charge in [0.15, 0.2) is 5.82 Å². The summed E-state index contributed by atoms with van der Waals surface area (Å²) in [6, 6.07) is 13.2. The maximum Gasteiger partial charge on any atom is 0.246 e. The van der Waals surface area contributed by atoms with Crippen LogP contribution in [0.4, 0.5) is 0 Å². The van der Waals surface area contributed by atoms with Crippen molar-refractivity contribution in [3.05, 3.63) is 104 Å². The lowest BCUT2D eigenvalue weighted by molar-refractivity contribution is -0.144. The fourth-order valence-corrected chi connectivity index (χ4v) is 10.9. The Hall–Kier alpha value is -5.21. The van der Waals surface area contributed by atoms with E-state index in [1.807, 2.05) is 88.7 Å². The number of aliphatic imine (C=N–C) groups is 1. The van der Waals surface area contributed by atoms with E-state index in [2.05, 4.69) is 44.2 Å². The standard InChI is InChI=1S/C52H65ClN8O8S2/c1-31-33(3)71-51-44(31)45(36-16-18-38(53)19-17-36)56-41(48-59-58-34(4)61(48)51)25-39(62)11-9-8-10-20-67-21-22-68-23-24-69-29-43(64)57-47(52(5,6)7)50(66)60-28-40(63)26-42(60)49(65)54-27-35-12-14-37(15-13-35)46-32(2)55-30-70-46/h12-19,30,40-42,47,63H,8-11,20-29H2,1-7H3,(H,54,65)(H,57,64)/t40-,41?,42+,47-/m1/s1. The number of ether oxygens (including phenoxy) is 3. The number of carbonyl (C=O) groups excluding carboxylic acids is 4. The van der Waals surface area contributed by atoms with Gasteiger partial charge in [0, 0.05) is 60.0 Å². The number of hydrogen-bond donors (Lipinski definition) is 3. The van der Waals surface area contributed by atoms with Crippen molar-refractivity contribution >= 4 is 63.5 Å². The number of carbonyl (C=O) groups is 4. The van der Waals surface area contributed by atoms with Gasteiger partial charge in [-0.15, -0.1) is 32.9 Å². The Morgan fingerprint density at radius 3 is 2.27 bits per heavy atom. The highest BCUT2D eigenvalue weighted by Gasteiger charge is 2.44. The number of hydrogen-bond acceptors (Lipinski definition) is 14. The summed E-state index contributed by atoms with van der Waals surface area (Å²) in [6.07, 6.45) is 2.24. The Balaban J connectivity index is 0.766. The number of likely N-dealkylation sites (tertiary alicyclic amines) is 1. The zero-order valence-corrected chi connectivity index (χ0v) is 44.0. The predicted octanol–water partition coefficient (Wildman–Crippen LogP) is 7.61. The Morgan fingerprint density at radius 1 is 0.887 bits per heavy atom. The van der Waals surface area contributed by atoms with Crippen molar-refractivity contribution in [1.82, 2.24) is 35.3 Å². The van der Waals surface area contributed by atoms with Crippen LogP contribution in [-0.4, -0.2) is 123 Å². The molecule has 4 atom stereocenters. The number of aromatic nitrogens is 4. The van der Waals surface area contributed by atoms with Gasteiger partial charge in [-0.1, -0.05) is 75.2 Å². The lowest BCUT2D eigenvalue weighted by Gasteiger charge is -2.35. The van der Waals surface area contributed by atoms with E-state index in [0.29, 0.717) is 37.1 Å². The summed E-state index contributed by atoms with van der Waals surface area (Å²) >= 11 is 9.50. The Bertz CT molecular complexity index is 2680. The monoisotopic (exact) mass is 1030 g/mol. The highest BCUT2D eigenvalue weighted by molar-refractivity contribution is 7.15. The average molecular weight is 1030 g/mol. The van der Waals surface area contributed by atoms with E-state index in [1.54, 1.807) is 22.7 Å². The van der Waals surface area contributed by atoms with Crippen LogP contribution in [0.5, 0.6) is 0 Å². The van der Waals surface area contributed by atoms with Crippen LogP contribution < -0.4 is 10.6 Å². The summed E-state index contributed by atoms with van der Waals surface area (Å²) in [7, 11) is 0. The molecule has 2 aromatic carbocycles. The molecule has 3 aromatic heterocycles. The molecule has 19 heteroatoms. The Labute approximate surface area is 428 Å². The van der Waals surface area contributed by atoms with E-state index < -0.39 is 41.5 Å². The fraction of sp³-hybridized carbons (Fsp3) is 0.500. The number of thiophene rings is 1. The second-order valence-corrected chi connectivity index (χ2v) is 21.7. The van der Waals surface area contributed by atoms with E-state index in [9.17, 15) is 24.3 Å². The molecule has 380 valence electrons. The van der Waals surface area contributed by atoms with Gasteiger partial charge >= 0.3 is 0 Å². The highest BCUT2D eigenvalue weighted by atomic mass is 35.5. The predicted molar refractivity (Wildman–Crippen MR) is 275 cm³/mol. The van der Waals surface area contributed by atoms with E-state index in [-0.39, 0.29) is 57.4 Å². The largest absolute Gasteiger partial charge is 0.391 e. The number of β-amino-alcohol motifs (C(OH)–C–C–N with tert-alkyl or cyclic N) is 1. The molecule has 0 bridgehead atoms. The molecule has 1 fully saturated rings. The van der Waals surface area contributed by atoms with Crippen molar-refractivity contribution in [3.8, 4) is 15.4 Å². The second-order valence-electron chi connectivity index (χ2n) is 19.2. The van der Waals surface area contributed by atoms with Crippen LogP contribution in [-0.2, 0) is 39.9 Å². The van der Waals surface area contributed by atoms with Crippen LogP contribution in [0.1, 0.15) is 110 Å². The smallest absolute Gasteiger partial charge is 0.246 e. The normalized spacial score (nSPS) is 17.1. The maximum absolute atomic E-state index is 14.0. The third-order valence-corrected chi connectivity index (χ3v) is 15.1. The number of Topliss-reactive ketones (excluding diaryl/α,β-unsaturated/α-hetero) is 1. The number of amides is 3. The topological polar surface area (TPSA) is 199 Å². The molecule has 2 aliphatic rings. The average Bonchev–Trinajstić information content (AvgIpc) is 4.11. The van der Waals surface area contributed by atoms with Gasteiger partial charge in [-0.3, -0.25) is 28.7 Å². The molecule has 0 spiro atoms. The van der Waals surface area contributed by atoms with Crippen molar-refractivity contribution in [1.29, 1.82) is 0 Å². The van der Waals surface area contributed by atoms with Crippen LogP contribution in [0.2, 0.25) is 5.02 Å². The molecular formula is C52H65ClN8O8S2. The molecule has 0 radical (unpaired) electrons. The van der Waals surface area contributed by atoms with E-state index in [0.717, 1.165) is 74.2 Å². The first-order valence-electron chi connectivity index (χ1n) is 24.2. The third-order valence-electron chi connectivity index (χ3n) is 12.7. The Kier molecular flexibility index (Phi) is 18.5. The van der Waals surface area contributed by atoms with Gasteiger partial charge in [0.1, 0.15) is 41.3 Å². The van der Waals surface area contributed by atoms with E-state index in [1.165, 1.54) is 9.78 Å². The molecule has 16 nitrogen and oxygen atoms in total. The van der Waals surface area contributed by atoms with Gasteiger partial charge in [0.2, 0.25) is 17.7 Å². The van der Waals surface area contributed by atoms with Crippen LogP contribution in [0.25, 0.3) is 15.4 Å². The molecule has 2 aliphatic heterocycles. The molecule has 5 heterocycles. The first-order chi connectivity index (χ1) is 34.0. The third kappa shape index (κ3) is 13.7. The number of benzene rings is 2. The maximum atomic E-state index is 14.0. The van der Waals surface area contributed by atoms with Crippen molar-refractivity contribution in [2.24, 2.45) is 10.4 Å². The first kappa shape index (κ1) is 53.6. The number of thiazole rings is 1. The summed E-state index contributed by atoms with van der Waals surface area (Å²) < 4.78 is 19.0. The van der Waals surface area contributed by atoms with Crippen LogP contribution in [0, 0.1) is 33.1 Å². The highest BCUT2D eigenvalue weighted by Crippen LogP contribution is 2.40.